The molecule has 0 aliphatic heterocycles. The monoisotopic (exact) mass is 278 g/mol. The van der Waals surface area contributed by atoms with Crippen molar-refractivity contribution < 1.29 is 23.1 Å². The number of carbonyl (C=O) groups is 1. The van der Waals surface area contributed by atoms with E-state index in [1.807, 2.05) is 0 Å². The van der Waals surface area contributed by atoms with Gasteiger partial charge in [0.2, 0.25) is 0 Å². The molecule has 0 aliphatic carbocycles. The summed E-state index contributed by atoms with van der Waals surface area (Å²) in [4.78, 5) is 25.9. The maximum absolute atomic E-state index is 12.4. The van der Waals surface area contributed by atoms with Crippen LogP contribution in [0.1, 0.15) is 29.8 Å². The molecule has 1 unspecified atom stereocenters. The van der Waals surface area contributed by atoms with Gasteiger partial charge in [0, 0.05) is 17.0 Å². The molecule has 0 amide bonds. The number of carboxylic acids is 1. The largest absolute Gasteiger partial charge is 0.481 e. The molecule has 1 rings (SSSR count). The number of alkyl halides is 3. The van der Waals surface area contributed by atoms with Crippen molar-refractivity contribution in [3.63, 3.8) is 0 Å². The number of rotatable bonds is 3. The zero-order valence-electron chi connectivity index (χ0n) is 10.6. The third-order valence-electron chi connectivity index (χ3n) is 2.82. The Labute approximate surface area is 106 Å². The van der Waals surface area contributed by atoms with Crippen LogP contribution in [-0.4, -0.2) is 26.8 Å². The summed E-state index contributed by atoms with van der Waals surface area (Å²) in [6.07, 6.45) is -4.57. The van der Waals surface area contributed by atoms with Gasteiger partial charge in [-0.25, -0.2) is 4.79 Å². The number of halogens is 3. The van der Waals surface area contributed by atoms with Crippen molar-refractivity contribution in [2.75, 3.05) is 0 Å². The van der Waals surface area contributed by atoms with Crippen molar-refractivity contribution in [1.82, 2.24) is 9.55 Å². The van der Waals surface area contributed by atoms with E-state index < -0.39 is 30.3 Å². The SMILES string of the molecule is Cc1nc(=O)n(CC(F)(F)F)c(C)c1C(C)C(=O)O. The zero-order valence-corrected chi connectivity index (χ0v) is 10.6. The van der Waals surface area contributed by atoms with Gasteiger partial charge in [0.25, 0.3) is 0 Å². The molecular formula is C11H13F3N2O3. The molecule has 0 fully saturated rings. The highest BCUT2D eigenvalue weighted by molar-refractivity contribution is 5.76. The molecule has 0 spiro atoms. The molecule has 0 bridgehead atoms. The van der Waals surface area contributed by atoms with E-state index in [2.05, 4.69) is 4.98 Å². The summed E-state index contributed by atoms with van der Waals surface area (Å²) in [5.74, 6) is -2.22. The molecule has 1 atom stereocenters. The molecule has 1 N–H and O–H groups in total. The molecule has 8 heteroatoms. The van der Waals surface area contributed by atoms with Gasteiger partial charge in [-0.1, -0.05) is 0 Å². The minimum atomic E-state index is -4.57. The van der Waals surface area contributed by atoms with Crippen LogP contribution in [0.3, 0.4) is 0 Å². The van der Waals surface area contributed by atoms with Gasteiger partial charge in [-0.15, -0.1) is 0 Å². The summed E-state index contributed by atoms with van der Waals surface area (Å²) < 4.78 is 37.6. The van der Waals surface area contributed by atoms with Gasteiger partial charge >= 0.3 is 17.8 Å². The van der Waals surface area contributed by atoms with Gasteiger partial charge in [-0.05, 0) is 20.8 Å². The summed E-state index contributed by atoms with van der Waals surface area (Å²) in [5.41, 5.74) is -0.787. The average Bonchev–Trinajstić information content (AvgIpc) is 2.22. The Morgan fingerprint density at radius 2 is 1.95 bits per heavy atom. The Hall–Kier alpha value is -1.86. The Morgan fingerprint density at radius 3 is 2.37 bits per heavy atom. The van der Waals surface area contributed by atoms with Crippen LogP contribution < -0.4 is 5.69 Å². The highest BCUT2D eigenvalue weighted by atomic mass is 19.4. The summed E-state index contributed by atoms with van der Waals surface area (Å²) in [7, 11) is 0. The maximum Gasteiger partial charge on any atom is 0.406 e. The number of aryl methyl sites for hydroxylation is 1. The van der Waals surface area contributed by atoms with Crippen LogP contribution in [0.25, 0.3) is 0 Å². The molecule has 0 radical (unpaired) electrons. The lowest BCUT2D eigenvalue weighted by molar-refractivity contribution is -0.141. The van der Waals surface area contributed by atoms with Crippen LogP contribution in [0.4, 0.5) is 13.2 Å². The highest BCUT2D eigenvalue weighted by Crippen LogP contribution is 2.23. The van der Waals surface area contributed by atoms with Crippen LogP contribution in [0.15, 0.2) is 4.79 Å². The number of hydrogen-bond acceptors (Lipinski definition) is 3. The second kappa shape index (κ2) is 5.02. The van der Waals surface area contributed by atoms with Gasteiger partial charge in [0.15, 0.2) is 0 Å². The Balaban J connectivity index is 3.47. The van der Waals surface area contributed by atoms with Crippen LogP contribution in [-0.2, 0) is 11.3 Å². The summed E-state index contributed by atoms with van der Waals surface area (Å²) in [5, 5.41) is 8.94. The van der Waals surface area contributed by atoms with Gasteiger partial charge in [-0.2, -0.15) is 18.2 Å². The molecule has 1 aromatic heterocycles. The first-order valence-corrected chi connectivity index (χ1v) is 5.42. The molecule has 0 saturated heterocycles. The first-order chi connectivity index (χ1) is 8.54. The van der Waals surface area contributed by atoms with Crippen molar-refractivity contribution in [2.45, 2.75) is 39.4 Å². The predicted molar refractivity (Wildman–Crippen MR) is 60.1 cm³/mol. The van der Waals surface area contributed by atoms with Crippen LogP contribution in [0.5, 0.6) is 0 Å². The van der Waals surface area contributed by atoms with Crippen molar-refractivity contribution in [1.29, 1.82) is 0 Å². The fourth-order valence-electron chi connectivity index (χ4n) is 1.93. The quantitative estimate of drug-likeness (QED) is 0.911. The first-order valence-electron chi connectivity index (χ1n) is 5.42. The van der Waals surface area contributed by atoms with E-state index in [-0.39, 0.29) is 17.0 Å². The van der Waals surface area contributed by atoms with Gasteiger partial charge in [-0.3, -0.25) is 9.36 Å². The van der Waals surface area contributed by atoms with Gasteiger partial charge in [0.05, 0.1) is 5.92 Å². The number of carboxylic acid groups (broad SMARTS) is 1. The number of hydrogen-bond donors (Lipinski definition) is 1. The fourth-order valence-corrected chi connectivity index (χ4v) is 1.93. The normalized spacial score (nSPS) is 13.4. The zero-order chi connectivity index (χ0) is 15.0. The topological polar surface area (TPSA) is 72.2 Å². The smallest absolute Gasteiger partial charge is 0.406 e. The van der Waals surface area contributed by atoms with Crippen molar-refractivity contribution in [3.8, 4) is 0 Å². The fraction of sp³-hybridized carbons (Fsp3) is 0.545. The average molecular weight is 278 g/mol. The molecular weight excluding hydrogens is 265 g/mol. The van der Waals surface area contributed by atoms with Crippen LogP contribution >= 0.6 is 0 Å². The lowest BCUT2D eigenvalue weighted by Gasteiger charge is -2.18. The molecule has 1 aromatic rings. The van der Waals surface area contributed by atoms with Crippen LogP contribution in [0, 0.1) is 13.8 Å². The van der Waals surface area contributed by atoms with E-state index in [1.54, 1.807) is 0 Å². The molecule has 5 nitrogen and oxygen atoms in total. The van der Waals surface area contributed by atoms with E-state index in [9.17, 15) is 22.8 Å². The number of nitrogens with zero attached hydrogens (tertiary/aromatic N) is 2. The van der Waals surface area contributed by atoms with Crippen molar-refractivity contribution in [2.24, 2.45) is 0 Å². The van der Waals surface area contributed by atoms with Gasteiger partial charge < -0.3 is 5.11 Å². The summed E-state index contributed by atoms with van der Waals surface area (Å²) in [6.45, 7) is 2.55. The van der Waals surface area contributed by atoms with E-state index in [1.165, 1.54) is 20.8 Å². The van der Waals surface area contributed by atoms with E-state index in [4.69, 9.17) is 5.11 Å². The molecule has 106 valence electrons. The van der Waals surface area contributed by atoms with E-state index in [0.717, 1.165) is 0 Å². The molecule has 0 saturated carbocycles. The van der Waals surface area contributed by atoms with Crippen molar-refractivity contribution in [3.05, 3.63) is 27.4 Å². The Bertz CT molecular complexity index is 564. The summed E-state index contributed by atoms with van der Waals surface area (Å²) in [6, 6.07) is 0. The molecule has 19 heavy (non-hydrogen) atoms. The van der Waals surface area contributed by atoms with E-state index >= 15 is 0 Å². The lowest BCUT2D eigenvalue weighted by atomic mass is 9.98. The molecule has 1 heterocycles. The molecule has 0 aromatic carbocycles. The first kappa shape index (κ1) is 15.2. The number of aliphatic carboxylic acids is 1. The third-order valence-corrected chi connectivity index (χ3v) is 2.82. The second-order valence-corrected chi connectivity index (χ2v) is 4.24. The van der Waals surface area contributed by atoms with E-state index in [0.29, 0.717) is 4.57 Å². The minimum absolute atomic E-state index is 0.0234. The highest BCUT2D eigenvalue weighted by Gasteiger charge is 2.31. The second-order valence-electron chi connectivity index (χ2n) is 4.24. The van der Waals surface area contributed by atoms with Crippen LogP contribution in [0.2, 0.25) is 0 Å². The van der Waals surface area contributed by atoms with Crippen molar-refractivity contribution >= 4 is 5.97 Å². The Morgan fingerprint density at radius 1 is 1.42 bits per heavy atom. The summed E-state index contributed by atoms with van der Waals surface area (Å²) >= 11 is 0. The van der Waals surface area contributed by atoms with Gasteiger partial charge in [0.1, 0.15) is 6.54 Å². The standard InChI is InChI=1S/C11H13F3N2O3/c1-5(9(17)18)8-6(2)15-10(19)16(7(8)3)4-11(12,13)14/h5H,4H2,1-3H3,(H,17,18). The predicted octanol–water partition coefficient (Wildman–Crippen LogP) is 1.61. The number of aromatic nitrogens is 2. The Kier molecular flexibility index (Phi) is 4.02. The molecule has 0 aliphatic rings. The third kappa shape index (κ3) is 3.33. The lowest BCUT2D eigenvalue weighted by Crippen LogP contribution is -2.34. The maximum atomic E-state index is 12.4. The minimum Gasteiger partial charge on any atom is -0.481 e.